The molecule has 0 bridgehead atoms. The lowest BCUT2D eigenvalue weighted by atomic mass is 9.96. The van der Waals surface area contributed by atoms with Crippen molar-refractivity contribution in [1.29, 1.82) is 0 Å². The average Bonchev–Trinajstić information content (AvgIpc) is 2.95. The van der Waals surface area contributed by atoms with Gasteiger partial charge in [-0.1, -0.05) is 57.2 Å². The first-order valence-electron chi connectivity index (χ1n) is 14.4. The molecule has 0 saturated carbocycles. The van der Waals surface area contributed by atoms with E-state index < -0.39 is 86.4 Å². The molecule has 11 atom stereocenters. The van der Waals surface area contributed by atoms with Gasteiger partial charge in [-0.2, -0.15) is 8.42 Å². The van der Waals surface area contributed by atoms with Crippen molar-refractivity contribution in [3.05, 3.63) is 48.6 Å². The SMILES string of the molecule is C=CCO[C@@H]1O[C@H](CO[Si](C)(C)C(C)(C)C)[C@@H](O[C@H]2O[C@@H]3COC(c4ccccc4)O[C@H]3[C@H](O)[C@H]2OS(=O)(=O)O)[C@H](O)[C@H]1O. The number of fused-ring (bicyclic) bond motifs is 1. The van der Waals surface area contributed by atoms with Crippen LogP contribution in [0.15, 0.2) is 43.0 Å². The topological polar surface area (TPSA) is 189 Å². The summed E-state index contributed by atoms with van der Waals surface area (Å²) in [4.78, 5) is 0. The van der Waals surface area contributed by atoms with E-state index in [1.165, 1.54) is 6.08 Å². The van der Waals surface area contributed by atoms with Crippen molar-refractivity contribution in [3.63, 3.8) is 0 Å². The molecule has 250 valence electrons. The normalized spacial score (nSPS) is 36.9. The fraction of sp³-hybridized carbons (Fsp3) is 0.714. The van der Waals surface area contributed by atoms with E-state index in [0.29, 0.717) is 5.56 Å². The average molecular weight is 665 g/mol. The summed E-state index contributed by atoms with van der Waals surface area (Å²) in [6, 6.07) is 8.88. The van der Waals surface area contributed by atoms with Gasteiger partial charge in [-0.15, -0.1) is 6.58 Å². The molecule has 3 aliphatic rings. The van der Waals surface area contributed by atoms with Crippen LogP contribution in [0.4, 0.5) is 0 Å². The van der Waals surface area contributed by atoms with Gasteiger partial charge in [0, 0.05) is 5.56 Å². The monoisotopic (exact) mass is 664 g/mol. The molecule has 3 aliphatic heterocycles. The molecule has 3 fully saturated rings. The number of aliphatic hydroxyl groups excluding tert-OH is 3. The molecular formula is C28H44O14SSi. The van der Waals surface area contributed by atoms with E-state index in [4.69, 9.17) is 37.0 Å². The standard InChI is InChI=1S/C28H44O14SSi/c1-7-13-35-26-20(30)19(29)22(18(38-26)15-37-44(5,6)28(2,3)4)41-27-24(42-43(32,33)34)21(31)23-17(39-27)14-36-25(40-23)16-11-9-8-10-12-16/h7-12,17-27,29-31H,1,13-15H2,2-6H3,(H,32,33,34)/t17-,18-,19-,20-,21+,22-,23-,24-,25?,26-,27-/m1/s1. The summed E-state index contributed by atoms with van der Waals surface area (Å²) in [6.45, 7) is 13.6. The zero-order valence-electron chi connectivity index (χ0n) is 25.4. The highest BCUT2D eigenvalue weighted by molar-refractivity contribution is 7.80. The lowest BCUT2D eigenvalue weighted by Crippen LogP contribution is -2.66. The molecule has 1 aromatic carbocycles. The molecule has 1 aromatic rings. The smallest absolute Gasteiger partial charge is 0.397 e. The van der Waals surface area contributed by atoms with Crippen molar-refractivity contribution in [3.8, 4) is 0 Å². The Labute approximate surface area is 258 Å². The summed E-state index contributed by atoms with van der Waals surface area (Å²) in [5.41, 5.74) is 0.651. The summed E-state index contributed by atoms with van der Waals surface area (Å²) < 4.78 is 79.7. The molecule has 0 amide bonds. The Kier molecular flexibility index (Phi) is 11.4. The molecule has 3 heterocycles. The third kappa shape index (κ3) is 8.32. The Morgan fingerprint density at radius 1 is 1.00 bits per heavy atom. The molecule has 0 spiro atoms. The van der Waals surface area contributed by atoms with Gasteiger partial charge in [0.05, 0.1) is 19.8 Å². The maximum Gasteiger partial charge on any atom is 0.397 e. The summed E-state index contributed by atoms with van der Waals surface area (Å²) in [6.07, 6.45) is -13.7. The minimum atomic E-state index is -5.14. The van der Waals surface area contributed by atoms with Crippen LogP contribution in [0.25, 0.3) is 0 Å². The quantitative estimate of drug-likeness (QED) is 0.151. The number of benzene rings is 1. The fourth-order valence-electron chi connectivity index (χ4n) is 4.87. The van der Waals surface area contributed by atoms with E-state index in [1.54, 1.807) is 24.3 Å². The van der Waals surface area contributed by atoms with Gasteiger partial charge >= 0.3 is 10.4 Å². The van der Waals surface area contributed by atoms with Crippen molar-refractivity contribution in [2.24, 2.45) is 0 Å². The highest BCUT2D eigenvalue weighted by atomic mass is 32.3. The van der Waals surface area contributed by atoms with Crippen LogP contribution in [0, 0.1) is 0 Å². The van der Waals surface area contributed by atoms with Gasteiger partial charge in [-0.25, -0.2) is 4.18 Å². The summed E-state index contributed by atoms with van der Waals surface area (Å²) in [5.74, 6) is 0. The Hall–Kier alpha value is -1.35. The van der Waals surface area contributed by atoms with Gasteiger partial charge in [0.25, 0.3) is 0 Å². The fourth-order valence-corrected chi connectivity index (χ4v) is 6.37. The molecule has 3 saturated heterocycles. The van der Waals surface area contributed by atoms with Crippen molar-refractivity contribution < 1.29 is 65.3 Å². The van der Waals surface area contributed by atoms with E-state index in [0.717, 1.165) is 0 Å². The molecule has 0 radical (unpaired) electrons. The minimum Gasteiger partial charge on any atom is -0.414 e. The van der Waals surface area contributed by atoms with E-state index in [2.05, 4.69) is 6.58 Å². The Morgan fingerprint density at radius 2 is 1.68 bits per heavy atom. The maximum absolute atomic E-state index is 11.9. The van der Waals surface area contributed by atoms with Crippen LogP contribution < -0.4 is 0 Å². The highest BCUT2D eigenvalue weighted by Crippen LogP contribution is 2.39. The highest BCUT2D eigenvalue weighted by Gasteiger charge is 2.55. The number of hydrogen-bond donors (Lipinski definition) is 4. The maximum atomic E-state index is 11.9. The van der Waals surface area contributed by atoms with Crippen molar-refractivity contribution >= 4 is 18.7 Å². The van der Waals surface area contributed by atoms with Crippen molar-refractivity contribution in [1.82, 2.24) is 0 Å². The second-order valence-corrected chi connectivity index (χ2v) is 18.4. The molecule has 44 heavy (non-hydrogen) atoms. The van der Waals surface area contributed by atoms with Crippen LogP contribution in [0.5, 0.6) is 0 Å². The molecule has 0 aliphatic carbocycles. The van der Waals surface area contributed by atoms with Gasteiger partial charge in [0.2, 0.25) is 0 Å². The van der Waals surface area contributed by atoms with Gasteiger partial charge in [0.15, 0.2) is 33.3 Å². The number of rotatable bonds is 11. The number of aliphatic hydroxyl groups is 3. The van der Waals surface area contributed by atoms with Gasteiger partial charge in [-0.05, 0) is 18.1 Å². The molecule has 4 rings (SSSR count). The first-order valence-corrected chi connectivity index (χ1v) is 18.6. The van der Waals surface area contributed by atoms with Crippen LogP contribution in [0.2, 0.25) is 18.1 Å². The summed E-state index contributed by atoms with van der Waals surface area (Å²) in [5, 5.41) is 33.1. The molecule has 16 heteroatoms. The van der Waals surface area contributed by atoms with Crippen LogP contribution in [-0.4, -0.2) is 118 Å². The predicted octanol–water partition coefficient (Wildman–Crippen LogP) is 1.43. The predicted molar refractivity (Wildman–Crippen MR) is 156 cm³/mol. The summed E-state index contributed by atoms with van der Waals surface area (Å²) in [7, 11) is -7.48. The Morgan fingerprint density at radius 3 is 2.30 bits per heavy atom. The van der Waals surface area contributed by atoms with Crippen molar-refractivity contribution in [2.75, 3.05) is 19.8 Å². The van der Waals surface area contributed by atoms with Crippen LogP contribution in [0.1, 0.15) is 32.6 Å². The molecule has 14 nitrogen and oxygen atoms in total. The van der Waals surface area contributed by atoms with Gasteiger partial charge in [-0.3, -0.25) is 4.55 Å². The summed E-state index contributed by atoms with van der Waals surface area (Å²) >= 11 is 0. The molecule has 4 N–H and O–H groups in total. The molecule has 1 unspecified atom stereocenters. The molecular weight excluding hydrogens is 620 g/mol. The largest absolute Gasteiger partial charge is 0.414 e. The first kappa shape index (κ1) is 35.5. The lowest BCUT2D eigenvalue weighted by molar-refractivity contribution is -0.382. The Bertz CT molecular complexity index is 1190. The Balaban J connectivity index is 1.59. The van der Waals surface area contributed by atoms with Gasteiger partial charge in [0.1, 0.15) is 42.7 Å². The first-order chi connectivity index (χ1) is 20.5. The van der Waals surface area contributed by atoms with E-state index in [1.807, 2.05) is 39.9 Å². The second-order valence-electron chi connectivity index (χ2n) is 12.5. The zero-order chi connectivity index (χ0) is 32.4. The lowest BCUT2D eigenvalue weighted by Gasteiger charge is -2.49. The van der Waals surface area contributed by atoms with E-state index in [9.17, 15) is 28.3 Å². The van der Waals surface area contributed by atoms with E-state index >= 15 is 0 Å². The zero-order valence-corrected chi connectivity index (χ0v) is 27.2. The van der Waals surface area contributed by atoms with Crippen LogP contribution >= 0.6 is 0 Å². The molecule has 0 aromatic heterocycles. The number of ether oxygens (including phenoxy) is 6. The van der Waals surface area contributed by atoms with Gasteiger partial charge < -0.3 is 48.2 Å². The van der Waals surface area contributed by atoms with Crippen molar-refractivity contribution in [2.45, 2.75) is 107 Å². The third-order valence-electron chi connectivity index (χ3n) is 8.34. The second kappa shape index (κ2) is 14.2. The van der Waals surface area contributed by atoms with Crippen LogP contribution in [0.3, 0.4) is 0 Å². The van der Waals surface area contributed by atoms with E-state index in [-0.39, 0.29) is 24.9 Å². The minimum absolute atomic E-state index is 0.0189. The number of hydrogen-bond acceptors (Lipinski definition) is 13. The van der Waals surface area contributed by atoms with Crippen LogP contribution in [-0.2, 0) is 47.4 Å². The third-order valence-corrected chi connectivity index (χ3v) is 13.3.